The molecule has 1 rings (SSSR count). The summed E-state index contributed by atoms with van der Waals surface area (Å²) >= 11 is 2.26. The van der Waals surface area contributed by atoms with Gasteiger partial charge in [-0.05, 0) is 0 Å². The third-order valence-corrected chi connectivity index (χ3v) is 3.80. The van der Waals surface area contributed by atoms with Crippen molar-refractivity contribution < 1.29 is 0 Å². The molecule has 0 atom stereocenters. The molecule has 0 saturated carbocycles. The number of rotatable bonds is 10. The Morgan fingerprint density at radius 1 is 0.778 bits per heavy atom. The van der Waals surface area contributed by atoms with Gasteiger partial charge in [-0.15, -0.1) is 0 Å². The molecule has 1 heteroatoms. The van der Waals surface area contributed by atoms with Crippen molar-refractivity contribution in [2.45, 2.75) is 69.8 Å². The molecule has 0 nitrogen and oxygen atoms in total. The minimum absolute atomic E-state index is 1.17. The van der Waals surface area contributed by atoms with Crippen molar-refractivity contribution in [1.29, 1.82) is 0 Å². The molecular weight excluding hydrogens is 211 g/mol. The Hall–Kier alpha value is -0.183. The van der Waals surface area contributed by atoms with Crippen LogP contribution in [0.3, 0.4) is 0 Å². The van der Waals surface area contributed by atoms with E-state index in [1.54, 1.807) is 11.1 Å². The summed E-state index contributed by atoms with van der Waals surface area (Å²) in [4.78, 5) is 0. The number of hydrogen-bond acceptors (Lipinski definition) is 0. The van der Waals surface area contributed by atoms with Crippen LogP contribution in [0.15, 0.2) is 24.3 Å². The molecular formula is C17H27Li. The van der Waals surface area contributed by atoms with Crippen molar-refractivity contribution >= 4 is 17.7 Å². The van der Waals surface area contributed by atoms with E-state index in [-0.39, 0.29) is 0 Å². The van der Waals surface area contributed by atoms with E-state index in [0.717, 1.165) is 0 Å². The molecule has 1 aromatic carbocycles. The van der Waals surface area contributed by atoms with E-state index >= 15 is 0 Å². The van der Waals surface area contributed by atoms with Crippen molar-refractivity contribution in [3.63, 3.8) is 0 Å². The van der Waals surface area contributed by atoms with Crippen LogP contribution in [0.4, 0.5) is 0 Å². The van der Waals surface area contributed by atoms with E-state index in [1.165, 1.54) is 62.9 Å². The molecule has 0 unspecified atom stereocenters. The van der Waals surface area contributed by atoms with E-state index in [2.05, 4.69) is 48.9 Å². The van der Waals surface area contributed by atoms with Gasteiger partial charge in [0.05, 0.1) is 0 Å². The molecule has 0 aliphatic heterocycles. The van der Waals surface area contributed by atoms with Crippen LogP contribution in [0.25, 0.3) is 0 Å². The normalized spacial score (nSPS) is 10.8. The van der Waals surface area contributed by atoms with Gasteiger partial charge in [0.25, 0.3) is 0 Å². The molecule has 1 aromatic rings. The summed E-state index contributed by atoms with van der Waals surface area (Å²) in [5, 5.41) is 1.17. The summed E-state index contributed by atoms with van der Waals surface area (Å²) in [7, 11) is 0. The van der Waals surface area contributed by atoms with Gasteiger partial charge >= 0.3 is 116 Å². The number of aryl methyl sites for hydroxylation is 1. The average molecular weight is 238 g/mol. The topological polar surface area (TPSA) is 0 Å². The van der Waals surface area contributed by atoms with Crippen LogP contribution in [-0.2, 0) is 11.5 Å². The maximum absolute atomic E-state index is 2.31. The maximum atomic E-state index is 2.31. The van der Waals surface area contributed by atoms with E-state index in [1.807, 2.05) is 0 Å². The van der Waals surface area contributed by atoms with Crippen molar-refractivity contribution in [3.8, 4) is 0 Å². The van der Waals surface area contributed by atoms with Gasteiger partial charge in [0.2, 0.25) is 0 Å². The van der Waals surface area contributed by atoms with Crippen molar-refractivity contribution in [1.82, 2.24) is 0 Å². The minimum Gasteiger partial charge on any atom is -0.0654 e. The SMILES string of the molecule is [Li][CH2]c1ccccc1CCCCCCCCCC. The fourth-order valence-corrected chi connectivity index (χ4v) is 2.60. The zero-order valence-corrected chi connectivity index (χ0v) is 12.4. The molecule has 96 valence electrons. The summed E-state index contributed by atoms with van der Waals surface area (Å²) in [5.41, 5.74) is 3.12. The summed E-state index contributed by atoms with van der Waals surface area (Å²) in [6.45, 7) is 2.28. The van der Waals surface area contributed by atoms with Crippen LogP contribution in [0, 0.1) is 0 Å². The smallest absolute Gasteiger partial charge is 0.0654 e. The number of benzene rings is 1. The molecule has 0 N–H and O–H groups in total. The number of unbranched alkanes of at least 4 members (excludes halogenated alkanes) is 7. The predicted molar refractivity (Wildman–Crippen MR) is 82.2 cm³/mol. The van der Waals surface area contributed by atoms with E-state index in [4.69, 9.17) is 0 Å². The molecule has 0 aliphatic carbocycles. The molecule has 0 aliphatic rings. The second kappa shape index (κ2) is 10.7. The second-order valence-electron chi connectivity index (χ2n) is 5.35. The Morgan fingerprint density at radius 3 is 1.94 bits per heavy atom. The molecule has 0 radical (unpaired) electrons. The fraction of sp³-hybridized carbons (Fsp3) is 0.647. The zero-order valence-electron chi connectivity index (χ0n) is 12.4. The summed E-state index contributed by atoms with van der Waals surface area (Å²) in [6, 6.07) is 8.93. The molecule has 18 heavy (non-hydrogen) atoms. The van der Waals surface area contributed by atoms with Crippen LogP contribution in [0.2, 0.25) is 0 Å². The Morgan fingerprint density at radius 2 is 1.33 bits per heavy atom. The van der Waals surface area contributed by atoms with Crippen molar-refractivity contribution in [2.24, 2.45) is 0 Å². The number of hydrogen-bond donors (Lipinski definition) is 0. The van der Waals surface area contributed by atoms with Crippen LogP contribution < -0.4 is 0 Å². The first-order valence-corrected chi connectivity index (χ1v) is 7.95. The fourth-order valence-electron chi connectivity index (χ4n) is 2.60. The quantitative estimate of drug-likeness (QED) is 0.396. The van der Waals surface area contributed by atoms with Crippen LogP contribution >= 0.6 is 0 Å². The monoisotopic (exact) mass is 238 g/mol. The van der Waals surface area contributed by atoms with Gasteiger partial charge in [0, 0.05) is 0 Å². The van der Waals surface area contributed by atoms with Gasteiger partial charge in [0.15, 0.2) is 0 Å². The molecule has 0 aromatic heterocycles. The molecule has 0 spiro atoms. The minimum atomic E-state index is 1.17. The Balaban J connectivity index is 2.07. The average Bonchev–Trinajstić information content (AvgIpc) is 2.42. The van der Waals surface area contributed by atoms with Gasteiger partial charge in [-0.25, -0.2) is 0 Å². The van der Waals surface area contributed by atoms with Gasteiger partial charge in [0.1, 0.15) is 0 Å². The first-order valence-electron chi connectivity index (χ1n) is 7.95. The molecule has 0 bridgehead atoms. The van der Waals surface area contributed by atoms with Gasteiger partial charge in [-0.1, -0.05) is 6.92 Å². The molecule has 0 heterocycles. The van der Waals surface area contributed by atoms with Gasteiger partial charge in [-0.2, -0.15) is 0 Å². The second-order valence-corrected chi connectivity index (χ2v) is 5.35. The van der Waals surface area contributed by atoms with E-state index in [9.17, 15) is 0 Å². The van der Waals surface area contributed by atoms with Gasteiger partial charge in [-0.3, -0.25) is 0 Å². The Kier molecular flexibility index (Phi) is 9.45. The first-order chi connectivity index (χ1) is 8.88. The molecule has 0 amide bonds. The molecule has 0 fully saturated rings. The van der Waals surface area contributed by atoms with E-state index < -0.39 is 0 Å². The Bertz CT molecular complexity index is 306. The molecule has 0 saturated heterocycles. The third-order valence-electron chi connectivity index (χ3n) is 3.80. The van der Waals surface area contributed by atoms with Gasteiger partial charge < -0.3 is 0 Å². The Labute approximate surface area is 123 Å². The predicted octanol–water partition coefficient (Wildman–Crippen LogP) is 5.04. The first kappa shape index (κ1) is 15.9. The van der Waals surface area contributed by atoms with Crippen molar-refractivity contribution in [3.05, 3.63) is 35.4 Å². The summed E-state index contributed by atoms with van der Waals surface area (Å²) < 4.78 is 0. The third kappa shape index (κ3) is 6.67. The van der Waals surface area contributed by atoms with Crippen LogP contribution in [-0.4, -0.2) is 17.7 Å². The summed E-state index contributed by atoms with van der Waals surface area (Å²) in [5.74, 6) is 0. The zero-order chi connectivity index (χ0) is 13.1. The summed E-state index contributed by atoms with van der Waals surface area (Å²) in [6.07, 6.45) is 12.6. The van der Waals surface area contributed by atoms with Crippen LogP contribution in [0.1, 0.15) is 69.4 Å². The van der Waals surface area contributed by atoms with Crippen molar-refractivity contribution in [2.75, 3.05) is 0 Å². The van der Waals surface area contributed by atoms with E-state index in [0.29, 0.717) is 0 Å². The standard InChI is InChI=1S/C17H27.Li/c1-3-4-5-6-7-8-9-10-14-17-15-12-11-13-16(17)2;/h11-13,15H,2-10,14H2,1H3;. The van der Waals surface area contributed by atoms with Crippen LogP contribution in [0.5, 0.6) is 0 Å².